The summed E-state index contributed by atoms with van der Waals surface area (Å²) in [5.41, 5.74) is 7.83. The van der Waals surface area contributed by atoms with Crippen LogP contribution in [0.5, 0.6) is 0 Å². The average molecular weight is 290 g/mol. The predicted octanol–water partition coefficient (Wildman–Crippen LogP) is 0.685. The van der Waals surface area contributed by atoms with Crippen LogP contribution in [0.1, 0.15) is 23.2 Å². The quantitative estimate of drug-likeness (QED) is 0.782. The first-order chi connectivity index (χ1) is 9.88. The first-order valence-electron chi connectivity index (χ1n) is 7.00. The Morgan fingerprint density at radius 3 is 2.48 bits per heavy atom. The Morgan fingerprint density at radius 1 is 1.29 bits per heavy atom. The van der Waals surface area contributed by atoms with Crippen molar-refractivity contribution < 1.29 is 9.59 Å². The number of amides is 2. The van der Waals surface area contributed by atoms with E-state index in [1.807, 2.05) is 19.0 Å². The van der Waals surface area contributed by atoms with Crippen LogP contribution in [-0.4, -0.2) is 50.4 Å². The zero-order valence-electron chi connectivity index (χ0n) is 12.7. The lowest BCUT2D eigenvalue weighted by Gasteiger charge is -2.19. The van der Waals surface area contributed by atoms with Crippen LogP contribution in [0.4, 0.5) is 11.4 Å². The van der Waals surface area contributed by atoms with Gasteiger partial charge in [-0.1, -0.05) is 0 Å². The summed E-state index contributed by atoms with van der Waals surface area (Å²) >= 11 is 0. The maximum Gasteiger partial charge on any atom is 0.254 e. The van der Waals surface area contributed by atoms with Gasteiger partial charge in [0.15, 0.2) is 0 Å². The van der Waals surface area contributed by atoms with Gasteiger partial charge in [-0.05, 0) is 31.0 Å². The highest BCUT2D eigenvalue weighted by Crippen LogP contribution is 2.23. The SMILES string of the molecule is CN(CC(=O)NC1CC1)C(=O)c1ccc(N(C)C)c(N)c1. The maximum atomic E-state index is 12.3. The van der Waals surface area contributed by atoms with Crippen molar-refractivity contribution in [3.8, 4) is 0 Å². The molecule has 0 unspecified atom stereocenters. The van der Waals surface area contributed by atoms with Crippen LogP contribution in [0.3, 0.4) is 0 Å². The molecule has 0 atom stereocenters. The average Bonchev–Trinajstić information content (AvgIpc) is 3.20. The monoisotopic (exact) mass is 290 g/mol. The van der Waals surface area contributed by atoms with Crippen LogP contribution in [-0.2, 0) is 4.79 Å². The standard InChI is InChI=1S/C15H22N4O2/c1-18(2)13-7-4-10(8-12(13)16)15(21)19(3)9-14(20)17-11-5-6-11/h4,7-8,11H,5-6,9,16H2,1-3H3,(H,17,20). The first-order valence-corrected chi connectivity index (χ1v) is 7.00. The number of nitrogens with zero attached hydrogens (tertiary/aromatic N) is 2. The second kappa shape index (κ2) is 6.03. The molecule has 0 spiro atoms. The van der Waals surface area contributed by atoms with Gasteiger partial charge in [-0.15, -0.1) is 0 Å². The van der Waals surface area contributed by atoms with Crippen molar-refractivity contribution in [1.29, 1.82) is 0 Å². The molecule has 1 saturated carbocycles. The molecule has 6 nitrogen and oxygen atoms in total. The van der Waals surface area contributed by atoms with E-state index in [1.165, 1.54) is 4.90 Å². The minimum Gasteiger partial charge on any atom is -0.397 e. The van der Waals surface area contributed by atoms with Crippen molar-refractivity contribution in [1.82, 2.24) is 10.2 Å². The van der Waals surface area contributed by atoms with Crippen LogP contribution < -0.4 is 16.0 Å². The zero-order chi connectivity index (χ0) is 15.6. The summed E-state index contributed by atoms with van der Waals surface area (Å²) in [7, 11) is 5.40. The molecule has 1 aliphatic carbocycles. The van der Waals surface area contributed by atoms with Gasteiger partial charge in [0, 0.05) is 32.7 Å². The highest BCUT2D eigenvalue weighted by Gasteiger charge is 2.24. The number of nitrogens with two attached hydrogens (primary N) is 1. The molecular formula is C15H22N4O2. The number of likely N-dealkylation sites (N-methyl/N-ethyl adjacent to an activating group) is 1. The summed E-state index contributed by atoms with van der Waals surface area (Å²) in [5.74, 6) is -0.329. The third kappa shape index (κ3) is 3.87. The molecule has 1 aromatic rings. The van der Waals surface area contributed by atoms with Crippen LogP contribution >= 0.6 is 0 Å². The van der Waals surface area contributed by atoms with E-state index in [1.54, 1.807) is 25.2 Å². The molecule has 3 N–H and O–H groups in total. The fourth-order valence-corrected chi connectivity index (χ4v) is 2.10. The van der Waals surface area contributed by atoms with Gasteiger partial charge < -0.3 is 20.9 Å². The lowest BCUT2D eigenvalue weighted by Crippen LogP contribution is -2.39. The van der Waals surface area contributed by atoms with Crippen LogP contribution in [0, 0.1) is 0 Å². The molecule has 1 aromatic carbocycles. The smallest absolute Gasteiger partial charge is 0.254 e. The van der Waals surface area contributed by atoms with Crippen molar-refractivity contribution in [3.63, 3.8) is 0 Å². The summed E-state index contributed by atoms with van der Waals surface area (Å²) in [4.78, 5) is 27.3. The number of hydrogen-bond donors (Lipinski definition) is 2. The van der Waals surface area contributed by atoms with Crippen molar-refractivity contribution in [3.05, 3.63) is 23.8 Å². The Kier molecular flexibility index (Phi) is 4.35. The second-order valence-corrected chi connectivity index (χ2v) is 5.67. The summed E-state index contributed by atoms with van der Waals surface area (Å²) in [6.45, 7) is 0.0602. The number of benzene rings is 1. The molecule has 1 aliphatic rings. The number of rotatable bonds is 5. The van der Waals surface area contributed by atoms with Gasteiger partial charge in [0.25, 0.3) is 5.91 Å². The van der Waals surface area contributed by atoms with E-state index in [2.05, 4.69) is 5.32 Å². The minimum atomic E-state index is -0.210. The van der Waals surface area contributed by atoms with E-state index in [0.717, 1.165) is 18.5 Å². The molecule has 0 radical (unpaired) electrons. The van der Waals surface area contributed by atoms with Crippen molar-refractivity contribution in [2.24, 2.45) is 0 Å². The molecular weight excluding hydrogens is 268 g/mol. The van der Waals surface area contributed by atoms with E-state index < -0.39 is 0 Å². The fourth-order valence-electron chi connectivity index (χ4n) is 2.10. The molecule has 21 heavy (non-hydrogen) atoms. The van der Waals surface area contributed by atoms with Gasteiger partial charge >= 0.3 is 0 Å². The third-order valence-corrected chi connectivity index (χ3v) is 3.43. The number of carbonyl (C=O) groups excluding carboxylic acids is 2. The lowest BCUT2D eigenvalue weighted by atomic mass is 10.1. The fraction of sp³-hybridized carbons (Fsp3) is 0.467. The summed E-state index contributed by atoms with van der Waals surface area (Å²) in [6.07, 6.45) is 2.07. The topological polar surface area (TPSA) is 78.7 Å². The van der Waals surface area contributed by atoms with Crippen molar-refractivity contribution >= 4 is 23.2 Å². The Labute approximate surface area is 124 Å². The number of carbonyl (C=O) groups is 2. The summed E-state index contributed by atoms with van der Waals surface area (Å²) in [6, 6.07) is 5.48. The van der Waals surface area contributed by atoms with E-state index >= 15 is 0 Å². The Morgan fingerprint density at radius 2 is 1.95 bits per heavy atom. The molecule has 0 saturated heterocycles. The Balaban J connectivity index is 2.01. The first kappa shape index (κ1) is 15.2. The molecule has 0 heterocycles. The van der Waals surface area contributed by atoms with E-state index in [0.29, 0.717) is 17.3 Å². The van der Waals surface area contributed by atoms with E-state index in [-0.39, 0.29) is 18.4 Å². The van der Waals surface area contributed by atoms with Crippen molar-refractivity contribution in [2.45, 2.75) is 18.9 Å². The molecule has 2 amide bonds. The molecule has 2 rings (SSSR count). The normalized spacial score (nSPS) is 13.7. The number of nitrogen functional groups attached to an aromatic ring is 1. The van der Waals surface area contributed by atoms with Gasteiger partial charge in [-0.2, -0.15) is 0 Å². The molecule has 1 fully saturated rings. The molecule has 0 aromatic heterocycles. The van der Waals surface area contributed by atoms with Gasteiger partial charge in [0.2, 0.25) is 5.91 Å². The number of hydrogen-bond acceptors (Lipinski definition) is 4. The van der Waals surface area contributed by atoms with Gasteiger partial charge in [-0.3, -0.25) is 9.59 Å². The summed E-state index contributed by atoms with van der Waals surface area (Å²) in [5, 5.41) is 2.86. The maximum absolute atomic E-state index is 12.3. The third-order valence-electron chi connectivity index (χ3n) is 3.43. The minimum absolute atomic E-state index is 0.0602. The number of nitrogens with one attached hydrogen (secondary N) is 1. The summed E-state index contributed by atoms with van der Waals surface area (Å²) < 4.78 is 0. The van der Waals surface area contributed by atoms with Gasteiger partial charge in [0.1, 0.15) is 0 Å². The van der Waals surface area contributed by atoms with Crippen LogP contribution in [0.2, 0.25) is 0 Å². The molecule has 0 bridgehead atoms. The van der Waals surface area contributed by atoms with Gasteiger partial charge in [-0.25, -0.2) is 0 Å². The van der Waals surface area contributed by atoms with Crippen LogP contribution in [0.15, 0.2) is 18.2 Å². The number of anilines is 2. The second-order valence-electron chi connectivity index (χ2n) is 5.67. The molecule has 114 valence electrons. The highest BCUT2D eigenvalue weighted by atomic mass is 16.2. The molecule has 6 heteroatoms. The Hall–Kier alpha value is -2.24. The lowest BCUT2D eigenvalue weighted by molar-refractivity contribution is -0.121. The van der Waals surface area contributed by atoms with Crippen molar-refractivity contribution in [2.75, 3.05) is 38.3 Å². The van der Waals surface area contributed by atoms with E-state index in [4.69, 9.17) is 5.73 Å². The van der Waals surface area contributed by atoms with E-state index in [9.17, 15) is 9.59 Å². The molecule has 0 aliphatic heterocycles. The predicted molar refractivity (Wildman–Crippen MR) is 83.3 cm³/mol. The zero-order valence-corrected chi connectivity index (χ0v) is 12.7. The highest BCUT2D eigenvalue weighted by molar-refractivity contribution is 5.98. The Bertz CT molecular complexity index is 553. The largest absolute Gasteiger partial charge is 0.397 e. The van der Waals surface area contributed by atoms with Crippen LogP contribution in [0.25, 0.3) is 0 Å². The van der Waals surface area contributed by atoms with Gasteiger partial charge in [0.05, 0.1) is 17.9 Å².